The van der Waals surface area contributed by atoms with Crippen LogP contribution in [0.15, 0.2) is 12.2 Å². The van der Waals surface area contributed by atoms with E-state index in [4.69, 9.17) is 18.5 Å². The van der Waals surface area contributed by atoms with Gasteiger partial charge in [-0.15, -0.1) is 0 Å². The second-order valence-electron chi connectivity index (χ2n) is 17.4. The first-order chi connectivity index (χ1) is 27.6. The lowest BCUT2D eigenvalue weighted by molar-refractivity contribution is -0.870. The van der Waals surface area contributed by atoms with Crippen molar-refractivity contribution in [1.82, 2.24) is 0 Å². The highest BCUT2D eigenvalue weighted by atomic mass is 31.2. The lowest BCUT2D eigenvalue weighted by Gasteiger charge is -2.24. The van der Waals surface area contributed by atoms with E-state index in [2.05, 4.69) is 13.8 Å². The summed E-state index contributed by atoms with van der Waals surface area (Å²) in [6.07, 6.45) is 20.3. The Morgan fingerprint density at radius 3 is 1.86 bits per heavy atom. The molecule has 1 fully saturated rings. The summed E-state index contributed by atoms with van der Waals surface area (Å²) in [6.45, 7) is 3.88. The number of ketones is 1. The number of carbonyl (C=O) groups is 3. The Kier molecular flexibility index (Phi) is 30.0. The van der Waals surface area contributed by atoms with Gasteiger partial charge in [-0.05, 0) is 25.7 Å². The van der Waals surface area contributed by atoms with Gasteiger partial charge < -0.3 is 34.2 Å². The molecule has 0 aromatic rings. The maximum atomic E-state index is 12.9. The summed E-state index contributed by atoms with van der Waals surface area (Å²) in [7, 11) is 1.25. The number of phosphoric ester groups is 1. The van der Waals surface area contributed by atoms with Gasteiger partial charge in [0.05, 0.1) is 46.1 Å². The van der Waals surface area contributed by atoms with Gasteiger partial charge in [-0.25, -0.2) is 4.57 Å². The zero-order chi connectivity index (χ0) is 43.2. The quantitative estimate of drug-likeness (QED) is 0.0155. The fourth-order valence-electron chi connectivity index (χ4n) is 7.13. The van der Waals surface area contributed by atoms with Gasteiger partial charge in [0.25, 0.3) is 0 Å². The molecule has 7 atom stereocenters. The number of ether oxygens (including phenoxy) is 2. The Balaban J connectivity index is 2.53. The third kappa shape index (κ3) is 28.7. The minimum Gasteiger partial charge on any atom is -0.462 e. The van der Waals surface area contributed by atoms with Gasteiger partial charge in [-0.1, -0.05) is 122 Å². The molecule has 340 valence electrons. The van der Waals surface area contributed by atoms with Crippen molar-refractivity contribution in [3.8, 4) is 0 Å². The van der Waals surface area contributed by atoms with E-state index in [0.717, 1.165) is 38.5 Å². The van der Waals surface area contributed by atoms with Crippen LogP contribution in [-0.2, 0) is 37.5 Å². The topological polar surface area (TPSA) is 186 Å². The predicted octanol–water partition coefficient (Wildman–Crippen LogP) is 8.14. The first kappa shape index (κ1) is 54.3. The SMILES string of the molecule is CCCCCCCCCCCCCCCC(=O)OC[C@H](COP(=O)(O)OCC[N+](C)(C)C)OC(=O)CCCCC(=O)C[C@@H]1[C@@H](/C=C/[C@@H](O)CCCCC)[C@H](O)C[C@@H]1O. The van der Waals surface area contributed by atoms with Crippen LogP contribution >= 0.6 is 7.82 Å². The molecule has 0 bridgehead atoms. The first-order valence-electron chi connectivity index (χ1n) is 22.6. The maximum absolute atomic E-state index is 12.9. The Bertz CT molecular complexity index is 1180. The molecular formula is C44H83NO12P+. The number of quaternary nitrogens is 1. The number of likely N-dealkylation sites (N-methyl/N-ethyl adjacent to an activating group) is 1. The highest BCUT2D eigenvalue weighted by Gasteiger charge is 2.41. The number of hydrogen-bond acceptors (Lipinski definition) is 11. The number of aliphatic hydroxyl groups is 3. The van der Waals surface area contributed by atoms with Crippen LogP contribution in [0.3, 0.4) is 0 Å². The Labute approximate surface area is 350 Å². The van der Waals surface area contributed by atoms with Crippen LogP contribution in [0.4, 0.5) is 0 Å². The highest BCUT2D eigenvalue weighted by molar-refractivity contribution is 7.47. The van der Waals surface area contributed by atoms with Crippen molar-refractivity contribution in [3.05, 3.63) is 12.2 Å². The summed E-state index contributed by atoms with van der Waals surface area (Å²) in [5, 5.41) is 31.4. The smallest absolute Gasteiger partial charge is 0.462 e. The van der Waals surface area contributed by atoms with Crippen LogP contribution in [0.5, 0.6) is 0 Å². The zero-order valence-electron chi connectivity index (χ0n) is 36.9. The summed E-state index contributed by atoms with van der Waals surface area (Å²) < 4.78 is 34.1. The molecule has 58 heavy (non-hydrogen) atoms. The van der Waals surface area contributed by atoms with E-state index in [0.29, 0.717) is 36.7 Å². The second-order valence-corrected chi connectivity index (χ2v) is 18.9. The monoisotopic (exact) mass is 849 g/mol. The van der Waals surface area contributed by atoms with E-state index in [1.165, 1.54) is 57.8 Å². The molecule has 14 heteroatoms. The molecule has 0 aromatic carbocycles. The van der Waals surface area contributed by atoms with Crippen molar-refractivity contribution in [2.45, 2.75) is 192 Å². The molecular weight excluding hydrogens is 765 g/mol. The highest BCUT2D eigenvalue weighted by Crippen LogP contribution is 2.43. The number of unbranched alkanes of at least 4 members (excludes halogenated alkanes) is 15. The number of phosphoric acid groups is 1. The average molecular weight is 849 g/mol. The normalized spacial score (nSPS) is 20.6. The number of carbonyl (C=O) groups excluding carboxylic acids is 3. The van der Waals surface area contributed by atoms with Crippen molar-refractivity contribution in [2.75, 3.05) is 47.5 Å². The number of Topliss-reactive ketones (excluding diaryl/α,β-unsaturated/α-hetero) is 1. The molecule has 0 radical (unpaired) electrons. The molecule has 0 heterocycles. The molecule has 1 saturated carbocycles. The van der Waals surface area contributed by atoms with Crippen LogP contribution in [0.25, 0.3) is 0 Å². The third-order valence-electron chi connectivity index (χ3n) is 10.8. The molecule has 13 nitrogen and oxygen atoms in total. The van der Waals surface area contributed by atoms with Crippen molar-refractivity contribution >= 4 is 25.5 Å². The number of esters is 2. The van der Waals surface area contributed by atoms with E-state index >= 15 is 0 Å². The standard InChI is InChI=1S/C44H82NO12P/c1-6-8-10-11-12-13-14-15-16-17-18-19-21-26-43(50)54-34-38(35-56-58(52,53)55-31-30-45(3,4)5)57-44(51)27-23-22-25-37(47)32-40-39(41(48)33-42(40)49)29-28-36(46)24-20-9-7-2/h28-29,36,38-42,46,48-49H,6-27,30-35H2,1-5H3/p+1/b29-28+/t36-,38+,39+,40+,41+,42-/m0/s1. The Morgan fingerprint density at radius 2 is 1.26 bits per heavy atom. The summed E-state index contributed by atoms with van der Waals surface area (Å²) in [4.78, 5) is 48.4. The van der Waals surface area contributed by atoms with Crippen LogP contribution < -0.4 is 0 Å². The number of aliphatic hydroxyl groups excluding tert-OH is 3. The lowest BCUT2D eigenvalue weighted by Crippen LogP contribution is -2.37. The molecule has 1 rings (SSSR count). The van der Waals surface area contributed by atoms with Crippen molar-refractivity contribution in [1.29, 1.82) is 0 Å². The molecule has 1 aliphatic carbocycles. The Hall–Kier alpha value is -1.70. The molecule has 0 amide bonds. The minimum absolute atomic E-state index is 0.0333. The van der Waals surface area contributed by atoms with Crippen molar-refractivity contribution < 1.29 is 62.2 Å². The molecule has 4 N–H and O–H groups in total. The first-order valence-corrected chi connectivity index (χ1v) is 24.1. The summed E-state index contributed by atoms with van der Waals surface area (Å²) in [6, 6.07) is 0. The molecule has 0 aromatic heterocycles. The molecule has 0 aliphatic heterocycles. The number of rotatable bonds is 37. The summed E-state index contributed by atoms with van der Waals surface area (Å²) >= 11 is 0. The van der Waals surface area contributed by atoms with E-state index in [1.807, 2.05) is 21.1 Å². The summed E-state index contributed by atoms with van der Waals surface area (Å²) in [5.41, 5.74) is 0. The average Bonchev–Trinajstić information content (AvgIpc) is 3.41. The fourth-order valence-corrected chi connectivity index (χ4v) is 7.87. The lowest BCUT2D eigenvalue weighted by atomic mass is 9.87. The molecule has 0 spiro atoms. The van der Waals surface area contributed by atoms with Gasteiger partial charge in [-0.3, -0.25) is 23.4 Å². The number of nitrogens with zero attached hydrogens (tertiary/aromatic N) is 1. The predicted molar refractivity (Wildman–Crippen MR) is 227 cm³/mol. The van der Waals surface area contributed by atoms with Crippen LogP contribution in [0.1, 0.15) is 168 Å². The van der Waals surface area contributed by atoms with Crippen molar-refractivity contribution in [2.24, 2.45) is 11.8 Å². The van der Waals surface area contributed by atoms with Gasteiger partial charge in [0, 0.05) is 43.9 Å². The van der Waals surface area contributed by atoms with E-state index in [9.17, 15) is 39.2 Å². The zero-order valence-corrected chi connectivity index (χ0v) is 37.8. The van der Waals surface area contributed by atoms with E-state index < -0.39 is 62.6 Å². The molecule has 1 unspecified atom stereocenters. The molecule has 0 saturated heterocycles. The van der Waals surface area contributed by atoms with Gasteiger partial charge in [0.15, 0.2) is 6.10 Å². The second kappa shape index (κ2) is 32.1. The van der Waals surface area contributed by atoms with Gasteiger partial charge in [0.1, 0.15) is 25.5 Å². The minimum atomic E-state index is -4.48. The van der Waals surface area contributed by atoms with Gasteiger partial charge in [0.2, 0.25) is 0 Å². The Morgan fingerprint density at radius 1 is 0.724 bits per heavy atom. The third-order valence-corrected chi connectivity index (χ3v) is 11.8. The fraction of sp³-hybridized carbons (Fsp3) is 0.886. The van der Waals surface area contributed by atoms with Crippen LogP contribution in [0, 0.1) is 11.8 Å². The van der Waals surface area contributed by atoms with Crippen molar-refractivity contribution in [3.63, 3.8) is 0 Å². The van der Waals surface area contributed by atoms with Crippen LogP contribution in [-0.4, -0.2) is 114 Å². The van der Waals surface area contributed by atoms with E-state index in [-0.39, 0.29) is 51.1 Å². The molecule has 1 aliphatic rings. The van der Waals surface area contributed by atoms with Crippen LogP contribution in [0.2, 0.25) is 0 Å². The summed E-state index contributed by atoms with van der Waals surface area (Å²) in [5.74, 6) is -2.08. The van der Waals surface area contributed by atoms with Gasteiger partial charge >= 0.3 is 19.8 Å². The largest absolute Gasteiger partial charge is 0.472 e. The maximum Gasteiger partial charge on any atom is 0.472 e. The van der Waals surface area contributed by atoms with E-state index in [1.54, 1.807) is 12.2 Å². The van der Waals surface area contributed by atoms with Gasteiger partial charge in [-0.2, -0.15) is 0 Å². The number of hydrogen-bond donors (Lipinski definition) is 4.